The molecule has 5 heteroatoms. The number of aromatic nitrogens is 2. The third-order valence-electron chi connectivity index (χ3n) is 3.92. The van der Waals surface area contributed by atoms with Gasteiger partial charge in [0.15, 0.2) is 5.75 Å². The molecule has 4 aromatic rings. The van der Waals surface area contributed by atoms with E-state index in [1.165, 1.54) is 0 Å². The molecule has 0 saturated heterocycles. The lowest BCUT2D eigenvalue weighted by Crippen LogP contribution is -2.18. The number of nitrogens with one attached hydrogen (secondary N) is 2. The molecule has 0 radical (unpaired) electrons. The predicted octanol–water partition coefficient (Wildman–Crippen LogP) is 4.01. The molecule has 0 spiro atoms. The van der Waals surface area contributed by atoms with Crippen LogP contribution in [0.1, 0.15) is 0 Å². The second-order valence-corrected chi connectivity index (χ2v) is 5.46. The molecule has 0 amide bonds. The first-order chi connectivity index (χ1) is 12.4. The summed E-state index contributed by atoms with van der Waals surface area (Å²) >= 11 is 0. The lowest BCUT2D eigenvalue weighted by Gasteiger charge is -2.10. The number of nitrogens with zero attached hydrogens (tertiary/aromatic N) is 1. The number of pyridine rings is 1. The van der Waals surface area contributed by atoms with Crippen LogP contribution >= 0.6 is 0 Å². The second-order valence-electron chi connectivity index (χ2n) is 5.46. The van der Waals surface area contributed by atoms with E-state index in [1.807, 2.05) is 42.7 Å². The molecule has 0 atom stereocenters. The summed E-state index contributed by atoms with van der Waals surface area (Å²) in [6.07, 6.45) is 12.4. The van der Waals surface area contributed by atoms with Crippen LogP contribution in [0.25, 0.3) is 33.3 Å². The van der Waals surface area contributed by atoms with Crippen LogP contribution in [0.15, 0.2) is 65.7 Å². The smallest absolute Gasteiger partial charge is 0.155 e. The number of para-hydroxylation sites is 1. The van der Waals surface area contributed by atoms with Crippen molar-refractivity contribution in [1.29, 1.82) is 0 Å². The Labute approximate surface area is 144 Å². The monoisotopic (exact) mass is 329 g/mol. The number of hydrogen-bond donors (Lipinski definition) is 2. The minimum absolute atomic E-state index is 0.327. The van der Waals surface area contributed by atoms with Gasteiger partial charge in [-0.25, -0.2) is 4.98 Å². The van der Waals surface area contributed by atoms with Gasteiger partial charge in [0.2, 0.25) is 0 Å². The van der Waals surface area contributed by atoms with Gasteiger partial charge in [0.1, 0.15) is 5.65 Å². The minimum atomic E-state index is 0.327. The number of aromatic amines is 1. The molecular formula is C20H15N3O2. The molecule has 2 N–H and O–H groups in total. The van der Waals surface area contributed by atoms with Crippen LogP contribution in [0.4, 0.5) is 0 Å². The molecule has 25 heavy (non-hydrogen) atoms. The van der Waals surface area contributed by atoms with E-state index in [2.05, 4.69) is 27.4 Å². The summed E-state index contributed by atoms with van der Waals surface area (Å²) in [5.41, 5.74) is 7.51. The fourth-order valence-corrected chi connectivity index (χ4v) is 2.76. The van der Waals surface area contributed by atoms with Gasteiger partial charge < -0.3 is 14.2 Å². The van der Waals surface area contributed by atoms with Gasteiger partial charge in [-0.2, -0.15) is 0 Å². The van der Waals surface area contributed by atoms with E-state index in [9.17, 15) is 0 Å². The topological polar surface area (TPSA) is 63.1 Å². The van der Waals surface area contributed by atoms with Crippen LogP contribution in [-0.2, 0) is 0 Å². The van der Waals surface area contributed by atoms with Gasteiger partial charge in [-0.15, -0.1) is 11.9 Å². The van der Waals surface area contributed by atoms with E-state index in [-0.39, 0.29) is 0 Å². The van der Waals surface area contributed by atoms with Gasteiger partial charge in [-0.1, -0.05) is 24.1 Å². The maximum atomic E-state index is 5.58. The fraction of sp³-hybridized carbons (Fsp3) is 0.0500. The van der Waals surface area contributed by atoms with Gasteiger partial charge in [0.05, 0.1) is 19.1 Å². The first kappa shape index (κ1) is 15.1. The Morgan fingerprint density at radius 2 is 2.12 bits per heavy atom. The number of fused-ring (bicyclic) bond motifs is 1. The normalized spacial score (nSPS) is 10.7. The number of furan rings is 1. The van der Waals surface area contributed by atoms with Crippen molar-refractivity contribution >= 4 is 11.0 Å². The molecule has 0 bridgehead atoms. The van der Waals surface area contributed by atoms with Gasteiger partial charge in [-0.3, -0.25) is 0 Å². The van der Waals surface area contributed by atoms with Crippen molar-refractivity contribution < 1.29 is 9.25 Å². The quantitative estimate of drug-likeness (QED) is 0.330. The molecule has 0 aliphatic heterocycles. The van der Waals surface area contributed by atoms with Crippen molar-refractivity contribution in [2.75, 3.05) is 6.54 Å². The minimum Gasteiger partial charge on any atom is -0.472 e. The highest BCUT2D eigenvalue weighted by Gasteiger charge is 2.12. The van der Waals surface area contributed by atoms with E-state index in [1.54, 1.807) is 12.5 Å². The van der Waals surface area contributed by atoms with E-state index in [0.29, 0.717) is 12.3 Å². The number of H-pyrrole nitrogens is 1. The molecule has 3 aromatic heterocycles. The van der Waals surface area contributed by atoms with E-state index in [4.69, 9.17) is 15.7 Å². The fourth-order valence-electron chi connectivity index (χ4n) is 2.76. The Morgan fingerprint density at radius 3 is 2.96 bits per heavy atom. The van der Waals surface area contributed by atoms with Crippen LogP contribution in [0.3, 0.4) is 0 Å². The van der Waals surface area contributed by atoms with Crippen LogP contribution in [0.5, 0.6) is 5.75 Å². The van der Waals surface area contributed by atoms with Crippen molar-refractivity contribution in [1.82, 2.24) is 15.4 Å². The molecule has 122 valence electrons. The van der Waals surface area contributed by atoms with Crippen molar-refractivity contribution in [2.45, 2.75) is 0 Å². The average molecular weight is 329 g/mol. The van der Waals surface area contributed by atoms with Crippen molar-refractivity contribution in [3.63, 3.8) is 0 Å². The zero-order valence-corrected chi connectivity index (χ0v) is 13.3. The van der Waals surface area contributed by atoms with Crippen molar-refractivity contribution in [3.8, 4) is 40.3 Å². The van der Waals surface area contributed by atoms with E-state index >= 15 is 0 Å². The lowest BCUT2D eigenvalue weighted by molar-refractivity contribution is 0.212. The number of benzene rings is 1. The molecule has 0 saturated carbocycles. The first-order valence-electron chi connectivity index (χ1n) is 7.79. The molecule has 0 unspecified atom stereocenters. The molecule has 0 fully saturated rings. The molecule has 5 nitrogen and oxygen atoms in total. The Hall–Kier alpha value is -3.49. The maximum absolute atomic E-state index is 5.58. The number of rotatable bonds is 5. The van der Waals surface area contributed by atoms with Crippen molar-refractivity contribution in [2.24, 2.45) is 0 Å². The Morgan fingerprint density at radius 1 is 1.20 bits per heavy atom. The predicted molar refractivity (Wildman–Crippen MR) is 96.7 cm³/mol. The lowest BCUT2D eigenvalue weighted by atomic mass is 10.0. The zero-order valence-electron chi connectivity index (χ0n) is 13.3. The highest BCUT2D eigenvalue weighted by atomic mass is 16.6. The highest BCUT2D eigenvalue weighted by Crippen LogP contribution is 2.34. The summed E-state index contributed by atoms with van der Waals surface area (Å²) in [6.45, 7) is 0.327. The van der Waals surface area contributed by atoms with Gasteiger partial charge in [0, 0.05) is 40.0 Å². The van der Waals surface area contributed by atoms with Crippen LogP contribution < -0.4 is 10.3 Å². The summed E-state index contributed by atoms with van der Waals surface area (Å²) in [7, 11) is 0. The summed E-state index contributed by atoms with van der Waals surface area (Å²) in [6, 6.07) is 11.8. The van der Waals surface area contributed by atoms with Gasteiger partial charge >= 0.3 is 0 Å². The van der Waals surface area contributed by atoms with Gasteiger partial charge in [-0.05, 0) is 18.2 Å². The Balaban J connectivity index is 1.78. The number of terminal acetylenes is 1. The molecule has 3 heterocycles. The van der Waals surface area contributed by atoms with Crippen LogP contribution in [-0.4, -0.2) is 16.5 Å². The number of hydroxylamine groups is 1. The summed E-state index contributed by atoms with van der Waals surface area (Å²) in [5, 5.41) is 1.02. The second kappa shape index (κ2) is 6.56. The zero-order chi connectivity index (χ0) is 17.1. The third-order valence-corrected chi connectivity index (χ3v) is 3.92. The molecular weight excluding hydrogens is 314 g/mol. The first-order valence-corrected chi connectivity index (χ1v) is 7.79. The summed E-state index contributed by atoms with van der Waals surface area (Å²) in [5.74, 6) is 3.17. The van der Waals surface area contributed by atoms with E-state index in [0.717, 1.165) is 33.3 Å². The Bertz CT molecular complexity index is 1040. The molecule has 4 rings (SSSR count). The standard InChI is InChI=1S/C20H15N3O2/c1-2-8-23-25-19-6-4-3-5-16(19)15-10-17-18(14-7-9-24-13-14)12-22-20(17)21-11-15/h1,3-7,9-13,23H,8H2,(H,21,22). The summed E-state index contributed by atoms with van der Waals surface area (Å²) < 4.78 is 5.20. The summed E-state index contributed by atoms with van der Waals surface area (Å²) in [4.78, 5) is 13.3. The van der Waals surface area contributed by atoms with Crippen LogP contribution in [0.2, 0.25) is 0 Å². The SMILES string of the molecule is C#CCNOc1ccccc1-c1cnc2[nH]cc(-c3ccoc3)c2c1. The Kier molecular flexibility index (Phi) is 3.95. The maximum Gasteiger partial charge on any atom is 0.155 e. The van der Waals surface area contributed by atoms with Crippen molar-refractivity contribution in [3.05, 3.63) is 61.3 Å². The third kappa shape index (κ3) is 2.87. The highest BCUT2D eigenvalue weighted by molar-refractivity contribution is 5.95. The largest absolute Gasteiger partial charge is 0.472 e. The molecule has 0 aliphatic rings. The average Bonchev–Trinajstić information content (AvgIpc) is 3.31. The van der Waals surface area contributed by atoms with E-state index < -0.39 is 0 Å². The molecule has 1 aromatic carbocycles. The molecule has 0 aliphatic carbocycles. The number of hydrogen-bond acceptors (Lipinski definition) is 4. The van der Waals surface area contributed by atoms with Crippen LogP contribution in [0, 0.1) is 12.3 Å². The van der Waals surface area contributed by atoms with Gasteiger partial charge in [0.25, 0.3) is 0 Å².